The maximum atomic E-state index is 13.7. The molecule has 4 N–H and O–H groups in total. The number of nitrogen functional groups attached to an aromatic ring is 1. The smallest absolute Gasteiger partial charge is 0.359 e. The Morgan fingerprint density at radius 1 is 1.19 bits per heavy atom. The first kappa shape index (κ1) is 16.2. The van der Waals surface area contributed by atoms with Gasteiger partial charge in [0.05, 0.1) is 27.8 Å². The van der Waals surface area contributed by atoms with E-state index in [-0.39, 0.29) is 11.5 Å². The van der Waals surface area contributed by atoms with Crippen LogP contribution in [0.3, 0.4) is 0 Å². The van der Waals surface area contributed by atoms with Crippen molar-refractivity contribution in [3.63, 3.8) is 0 Å². The Kier molecular flexibility index (Phi) is 3.36. The molecule has 0 aliphatic rings. The van der Waals surface area contributed by atoms with Gasteiger partial charge in [-0.05, 0) is 42.8 Å². The van der Waals surface area contributed by atoms with Crippen LogP contribution in [0.25, 0.3) is 21.9 Å². The van der Waals surface area contributed by atoms with Gasteiger partial charge in [0.15, 0.2) is 0 Å². The van der Waals surface area contributed by atoms with Crippen LogP contribution in [0.4, 0.5) is 29.2 Å². The van der Waals surface area contributed by atoms with E-state index in [0.717, 1.165) is 27.9 Å². The molecule has 134 valence electrons. The number of nitrogens with two attached hydrogens (primary N) is 1. The number of hydrogen-bond donors (Lipinski definition) is 3. The lowest BCUT2D eigenvalue weighted by molar-refractivity contribution is -0.137. The van der Waals surface area contributed by atoms with E-state index in [2.05, 4.69) is 15.3 Å². The molecule has 0 aliphatic heterocycles. The third kappa shape index (κ3) is 2.52. The Morgan fingerprint density at radius 3 is 2.69 bits per heavy atom. The van der Waals surface area contributed by atoms with Crippen molar-refractivity contribution in [2.24, 2.45) is 0 Å². The molecule has 0 spiro atoms. The zero-order valence-electron chi connectivity index (χ0n) is 13.4. The second-order valence-electron chi connectivity index (χ2n) is 5.98. The van der Waals surface area contributed by atoms with Crippen LogP contribution < -0.4 is 11.2 Å². The molecule has 2 aromatic heterocycles. The van der Waals surface area contributed by atoms with Crippen LogP contribution in [-0.2, 0) is 6.18 Å². The third-order valence-electron chi connectivity index (χ3n) is 4.21. The van der Waals surface area contributed by atoms with Gasteiger partial charge in [-0.2, -0.15) is 13.2 Å². The van der Waals surface area contributed by atoms with Crippen LogP contribution in [0.5, 0.6) is 0 Å². The highest BCUT2D eigenvalue weighted by Gasteiger charge is 2.31. The quantitative estimate of drug-likeness (QED) is 0.364. The van der Waals surface area contributed by atoms with Crippen molar-refractivity contribution < 1.29 is 17.6 Å². The Morgan fingerprint density at radius 2 is 1.96 bits per heavy atom. The molecule has 4 aromatic rings. The van der Waals surface area contributed by atoms with Crippen LogP contribution in [0.1, 0.15) is 11.1 Å². The fourth-order valence-corrected chi connectivity index (χ4v) is 2.96. The van der Waals surface area contributed by atoms with Gasteiger partial charge < -0.3 is 16.1 Å². The summed E-state index contributed by atoms with van der Waals surface area (Å²) in [5.41, 5.74) is 1.62. The average Bonchev–Trinajstić information content (AvgIpc) is 3.09. The minimum atomic E-state index is -4.47. The first-order valence-electron chi connectivity index (χ1n) is 7.63. The van der Waals surface area contributed by atoms with Crippen LogP contribution in [0, 0.1) is 12.7 Å². The fourth-order valence-electron chi connectivity index (χ4n) is 2.96. The molecular formula is C17H13F4N5. The molecule has 0 atom stereocenters. The topological polar surface area (TPSA) is 71.7 Å². The second kappa shape index (κ2) is 5.38. The Bertz CT molecular complexity index is 1140. The molecule has 0 saturated heterocycles. The van der Waals surface area contributed by atoms with E-state index in [9.17, 15) is 17.6 Å². The summed E-state index contributed by atoms with van der Waals surface area (Å²) in [5.74, 6) is 5.69. The largest absolute Gasteiger partial charge is 0.416 e. The van der Waals surface area contributed by atoms with Crippen molar-refractivity contribution in [2.45, 2.75) is 13.1 Å². The van der Waals surface area contributed by atoms with Crippen molar-refractivity contribution >= 4 is 33.6 Å². The normalized spacial score (nSPS) is 12.2. The number of H-pyrrole nitrogens is 1. The van der Waals surface area contributed by atoms with E-state index in [1.54, 1.807) is 13.1 Å². The predicted molar refractivity (Wildman–Crippen MR) is 91.2 cm³/mol. The molecule has 0 radical (unpaired) electrons. The molecular weight excluding hydrogens is 350 g/mol. The van der Waals surface area contributed by atoms with Gasteiger partial charge in [-0.1, -0.05) is 0 Å². The maximum absolute atomic E-state index is 13.7. The number of imidazole rings is 1. The SMILES string of the molecule is Cc1cc(F)cc2c(Nc3nc4cc(C(F)(F)F)ccc4n3N)c[nH]c12. The molecule has 9 heteroatoms. The van der Waals surface area contributed by atoms with Gasteiger partial charge >= 0.3 is 6.18 Å². The van der Waals surface area contributed by atoms with Crippen molar-refractivity contribution in [1.29, 1.82) is 0 Å². The number of fused-ring (bicyclic) bond motifs is 2. The average molecular weight is 363 g/mol. The summed E-state index contributed by atoms with van der Waals surface area (Å²) in [6.07, 6.45) is -2.84. The molecule has 2 aromatic carbocycles. The molecule has 5 nitrogen and oxygen atoms in total. The monoisotopic (exact) mass is 363 g/mol. The van der Waals surface area contributed by atoms with Gasteiger partial charge in [0, 0.05) is 11.6 Å². The molecule has 0 fully saturated rings. The minimum Gasteiger partial charge on any atom is -0.359 e. The summed E-state index contributed by atoms with van der Waals surface area (Å²) in [5, 5.41) is 3.53. The Balaban J connectivity index is 1.79. The van der Waals surface area contributed by atoms with Crippen molar-refractivity contribution in [1.82, 2.24) is 14.6 Å². The van der Waals surface area contributed by atoms with Crippen molar-refractivity contribution in [2.75, 3.05) is 11.2 Å². The lowest BCUT2D eigenvalue weighted by Gasteiger charge is -2.06. The number of rotatable bonds is 2. The Hall–Kier alpha value is -3.23. The lowest BCUT2D eigenvalue weighted by Crippen LogP contribution is -2.11. The van der Waals surface area contributed by atoms with Crippen LogP contribution in [-0.4, -0.2) is 14.6 Å². The molecule has 4 rings (SSSR count). The zero-order chi connectivity index (χ0) is 18.6. The van der Waals surface area contributed by atoms with Crippen molar-refractivity contribution in [3.05, 3.63) is 53.5 Å². The highest BCUT2D eigenvalue weighted by atomic mass is 19.4. The number of aromatic nitrogens is 3. The first-order chi connectivity index (χ1) is 12.2. The zero-order valence-corrected chi connectivity index (χ0v) is 13.4. The van der Waals surface area contributed by atoms with E-state index < -0.39 is 17.6 Å². The summed E-state index contributed by atoms with van der Waals surface area (Å²) in [4.78, 5) is 7.16. The van der Waals surface area contributed by atoms with E-state index >= 15 is 0 Å². The number of nitrogens with zero attached hydrogens (tertiary/aromatic N) is 2. The maximum Gasteiger partial charge on any atom is 0.416 e. The number of nitrogens with one attached hydrogen (secondary N) is 2. The number of benzene rings is 2. The molecule has 0 saturated carbocycles. The first-order valence-corrected chi connectivity index (χ1v) is 7.63. The van der Waals surface area contributed by atoms with E-state index in [0.29, 0.717) is 16.6 Å². The molecule has 0 unspecified atom stereocenters. The minimum absolute atomic E-state index is 0.104. The predicted octanol–water partition coefficient (Wildman–Crippen LogP) is 4.44. The summed E-state index contributed by atoms with van der Waals surface area (Å²) < 4.78 is 53.4. The summed E-state index contributed by atoms with van der Waals surface area (Å²) in [6.45, 7) is 1.77. The molecule has 26 heavy (non-hydrogen) atoms. The summed E-state index contributed by atoms with van der Waals surface area (Å²) >= 11 is 0. The molecule has 2 heterocycles. The molecule has 0 amide bonds. The molecule has 0 aliphatic carbocycles. The lowest BCUT2D eigenvalue weighted by atomic mass is 10.1. The van der Waals surface area contributed by atoms with Gasteiger partial charge in [0.1, 0.15) is 5.82 Å². The number of alkyl halides is 3. The van der Waals surface area contributed by atoms with Crippen molar-refractivity contribution in [3.8, 4) is 0 Å². The van der Waals surface area contributed by atoms with Gasteiger partial charge in [-0.15, -0.1) is 0 Å². The van der Waals surface area contributed by atoms with E-state index in [4.69, 9.17) is 5.84 Å². The van der Waals surface area contributed by atoms with E-state index in [1.165, 1.54) is 18.2 Å². The fraction of sp³-hybridized carbons (Fsp3) is 0.118. The number of anilines is 2. The standard InChI is InChI=1S/C17H13F4N5/c1-8-4-10(18)6-11-13(7-23-15(8)11)25-16-24-12-5-9(17(19,20)21)2-3-14(12)26(16)22/h2-7,23H,22H2,1H3,(H,24,25). The van der Waals surface area contributed by atoms with Gasteiger partial charge in [-0.25, -0.2) is 14.1 Å². The molecule has 0 bridgehead atoms. The van der Waals surface area contributed by atoms with Crippen LogP contribution >= 0.6 is 0 Å². The van der Waals surface area contributed by atoms with Crippen LogP contribution in [0.2, 0.25) is 0 Å². The number of aryl methyl sites for hydroxylation is 1. The Labute approximate surface area is 144 Å². The second-order valence-corrected chi connectivity index (χ2v) is 5.98. The van der Waals surface area contributed by atoms with Crippen LogP contribution in [0.15, 0.2) is 36.5 Å². The number of hydrogen-bond acceptors (Lipinski definition) is 3. The summed E-state index contributed by atoms with van der Waals surface area (Å²) in [7, 11) is 0. The van der Waals surface area contributed by atoms with Gasteiger partial charge in [-0.3, -0.25) is 0 Å². The number of aromatic amines is 1. The van der Waals surface area contributed by atoms with Gasteiger partial charge in [0.25, 0.3) is 0 Å². The van der Waals surface area contributed by atoms with Gasteiger partial charge in [0.2, 0.25) is 5.95 Å². The number of halogens is 4. The highest BCUT2D eigenvalue weighted by molar-refractivity contribution is 5.96. The third-order valence-corrected chi connectivity index (χ3v) is 4.21. The highest BCUT2D eigenvalue weighted by Crippen LogP contribution is 2.33. The van der Waals surface area contributed by atoms with E-state index in [1.807, 2.05) is 0 Å². The summed E-state index contributed by atoms with van der Waals surface area (Å²) in [6, 6.07) is 5.89.